The number of hydrogen-bond donors (Lipinski definition) is 3. The molecule has 1 aromatic heterocycles. The van der Waals surface area contributed by atoms with Crippen molar-refractivity contribution in [3.63, 3.8) is 0 Å². The van der Waals surface area contributed by atoms with E-state index in [1.54, 1.807) is 43.5 Å². The third-order valence-corrected chi connectivity index (χ3v) is 5.70. The molecule has 1 aliphatic rings. The molecule has 0 fully saturated rings. The summed E-state index contributed by atoms with van der Waals surface area (Å²) in [5.74, 6) is -0.827. The van der Waals surface area contributed by atoms with Crippen LogP contribution in [0.15, 0.2) is 48.2 Å². The fourth-order valence-electron chi connectivity index (χ4n) is 3.71. The van der Waals surface area contributed by atoms with Crippen molar-refractivity contribution in [2.45, 2.75) is 20.8 Å². The van der Waals surface area contributed by atoms with E-state index in [-0.39, 0.29) is 23.6 Å². The van der Waals surface area contributed by atoms with E-state index < -0.39 is 11.9 Å². The molecule has 7 heteroatoms. The third kappa shape index (κ3) is 3.69. The maximum Gasteiger partial charge on any atom is 0.337 e. The van der Waals surface area contributed by atoms with Crippen LogP contribution < -0.4 is 10.1 Å². The van der Waals surface area contributed by atoms with Crippen LogP contribution in [0.25, 0.3) is 17.3 Å². The first-order valence-electron chi connectivity index (χ1n) is 10.0. The fraction of sp³-hybridized carbons (Fsp3) is 0.160. The number of aromatic hydroxyl groups is 1. The number of phenols is 1. The Labute approximate surface area is 185 Å². The van der Waals surface area contributed by atoms with Gasteiger partial charge < -0.3 is 20.3 Å². The largest absolute Gasteiger partial charge is 0.507 e. The molecule has 4 rings (SSSR count). The highest BCUT2D eigenvalue weighted by molar-refractivity contribution is 6.10. The van der Waals surface area contributed by atoms with E-state index in [0.717, 1.165) is 11.1 Å². The van der Waals surface area contributed by atoms with Gasteiger partial charge >= 0.3 is 5.97 Å². The molecule has 0 saturated heterocycles. The molecule has 3 N–H and O–H groups in total. The Morgan fingerprint density at radius 2 is 1.84 bits per heavy atom. The maximum absolute atomic E-state index is 12.9. The molecule has 0 radical (unpaired) electrons. The predicted octanol–water partition coefficient (Wildman–Crippen LogP) is 4.49. The molecule has 2 aromatic carbocycles. The van der Waals surface area contributed by atoms with E-state index >= 15 is 0 Å². The number of carbonyl (C=O) groups excluding carboxylic acids is 1. The van der Waals surface area contributed by atoms with Crippen LogP contribution in [0.1, 0.15) is 32.6 Å². The SMILES string of the molecule is Cc1c(C)c2c(c(C)c1O)C=C(C(=O)Nc1ccc(-c3ccccn3)cc1C(=O)O)CO2. The number of nitrogens with one attached hydrogen (secondary N) is 1. The molecule has 32 heavy (non-hydrogen) atoms. The number of pyridine rings is 1. The summed E-state index contributed by atoms with van der Waals surface area (Å²) in [6, 6.07) is 10.1. The number of carboxylic acids is 1. The van der Waals surface area contributed by atoms with E-state index in [9.17, 15) is 19.8 Å². The van der Waals surface area contributed by atoms with Gasteiger partial charge in [0, 0.05) is 22.9 Å². The summed E-state index contributed by atoms with van der Waals surface area (Å²) in [7, 11) is 0. The summed E-state index contributed by atoms with van der Waals surface area (Å²) in [6.45, 7) is 5.47. The molecule has 0 atom stereocenters. The molecule has 0 unspecified atom stereocenters. The number of rotatable bonds is 4. The van der Waals surface area contributed by atoms with Crippen LogP contribution in [-0.4, -0.2) is 33.7 Å². The van der Waals surface area contributed by atoms with Gasteiger partial charge in [0.15, 0.2) is 0 Å². The Bertz CT molecular complexity index is 1280. The van der Waals surface area contributed by atoms with Gasteiger partial charge in [-0.1, -0.05) is 12.1 Å². The minimum atomic E-state index is -1.16. The van der Waals surface area contributed by atoms with E-state index in [1.807, 2.05) is 19.9 Å². The number of carbonyl (C=O) groups is 2. The standard InChI is InChI=1S/C25H22N2O5/c1-13-14(2)23-18(15(3)22(13)28)11-17(12-32-23)24(29)27-21-8-7-16(10-19(21)25(30)31)20-6-4-5-9-26-20/h4-11,28H,12H2,1-3H3,(H,27,29)(H,30,31). The molecule has 7 nitrogen and oxygen atoms in total. The number of phenolic OH excluding ortho intramolecular Hbond substituents is 1. The van der Waals surface area contributed by atoms with Gasteiger partial charge in [-0.25, -0.2) is 4.79 Å². The summed E-state index contributed by atoms with van der Waals surface area (Å²) in [4.78, 5) is 29.0. The number of benzene rings is 2. The zero-order valence-corrected chi connectivity index (χ0v) is 17.9. The van der Waals surface area contributed by atoms with Gasteiger partial charge in [0.2, 0.25) is 0 Å². The van der Waals surface area contributed by atoms with Gasteiger partial charge in [-0.3, -0.25) is 9.78 Å². The molecule has 162 valence electrons. The second-order valence-electron chi connectivity index (χ2n) is 7.66. The Balaban J connectivity index is 1.66. The highest BCUT2D eigenvalue weighted by Crippen LogP contribution is 2.40. The Kier molecular flexibility index (Phi) is 5.40. The average molecular weight is 430 g/mol. The molecule has 2 heterocycles. The van der Waals surface area contributed by atoms with Gasteiger partial charge in [0.1, 0.15) is 18.1 Å². The first kappa shape index (κ1) is 21.1. The molecule has 1 aliphatic heterocycles. The zero-order chi connectivity index (χ0) is 23.0. The molecule has 1 amide bonds. The number of fused-ring (bicyclic) bond motifs is 1. The number of aromatic nitrogens is 1. The smallest absolute Gasteiger partial charge is 0.337 e. The van der Waals surface area contributed by atoms with Crippen molar-refractivity contribution in [3.8, 4) is 22.8 Å². The van der Waals surface area contributed by atoms with Gasteiger partial charge in [0.05, 0.1) is 22.5 Å². The second-order valence-corrected chi connectivity index (χ2v) is 7.66. The van der Waals surface area contributed by atoms with Crippen LogP contribution in [-0.2, 0) is 4.79 Å². The molecule has 0 spiro atoms. The van der Waals surface area contributed by atoms with Crippen LogP contribution >= 0.6 is 0 Å². The van der Waals surface area contributed by atoms with Crippen molar-refractivity contribution in [2.24, 2.45) is 0 Å². The lowest BCUT2D eigenvalue weighted by Crippen LogP contribution is -2.23. The summed E-state index contributed by atoms with van der Waals surface area (Å²) in [5, 5.41) is 22.7. The second kappa shape index (κ2) is 8.19. The van der Waals surface area contributed by atoms with E-state index in [4.69, 9.17) is 4.74 Å². The molecule has 0 bridgehead atoms. The van der Waals surface area contributed by atoms with Crippen LogP contribution in [0.4, 0.5) is 5.69 Å². The number of amides is 1. The lowest BCUT2D eigenvalue weighted by molar-refractivity contribution is -0.113. The molecule has 3 aromatic rings. The van der Waals surface area contributed by atoms with Crippen molar-refractivity contribution in [1.29, 1.82) is 0 Å². The van der Waals surface area contributed by atoms with Crippen molar-refractivity contribution in [3.05, 3.63) is 76.0 Å². The van der Waals surface area contributed by atoms with Crippen molar-refractivity contribution >= 4 is 23.6 Å². The Hall–Kier alpha value is -4.13. The monoisotopic (exact) mass is 430 g/mol. The number of carboxylic acid groups (broad SMARTS) is 1. The summed E-state index contributed by atoms with van der Waals surface area (Å²) >= 11 is 0. The lowest BCUT2D eigenvalue weighted by atomic mass is 9.94. The van der Waals surface area contributed by atoms with E-state index in [1.165, 1.54) is 6.07 Å². The molecule has 0 saturated carbocycles. The number of hydrogen-bond acceptors (Lipinski definition) is 5. The lowest BCUT2D eigenvalue weighted by Gasteiger charge is -2.23. The number of aromatic carboxylic acids is 1. The average Bonchev–Trinajstić information content (AvgIpc) is 2.81. The van der Waals surface area contributed by atoms with Gasteiger partial charge in [-0.05, 0) is 62.2 Å². The van der Waals surface area contributed by atoms with Crippen LogP contribution in [0.3, 0.4) is 0 Å². The highest BCUT2D eigenvalue weighted by Gasteiger charge is 2.24. The first-order chi connectivity index (χ1) is 15.3. The number of anilines is 1. The number of ether oxygens (including phenoxy) is 1. The summed E-state index contributed by atoms with van der Waals surface area (Å²) < 4.78 is 5.83. The fourth-order valence-corrected chi connectivity index (χ4v) is 3.71. The van der Waals surface area contributed by atoms with Crippen LogP contribution in [0.5, 0.6) is 11.5 Å². The minimum absolute atomic E-state index is 0.0394. The molecular formula is C25H22N2O5. The first-order valence-corrected chi connectivity index (χ1v) is 10.0. The highest BCUT2D eigenvalue weighted by atomic mass is 16.5. The van der Waals surface area contributed by atoms with Gasteiger partial charge in [0.25, 0.3) is 5.91 Å². The Morgan fingerprint density at radius 3 is 2.53 bits per heavy atom. The quantitative estimate of drug-likeness (QED) is 0.563. The summed E-state index contributed by atoms with van der Waals surface area (Å²) in [5.41, 5.74) is 4.55. The summed E-state index contributed by atoms with van der Waals surface area (Å²) in [6.07, 6.45) is 3.31. The topological polar surface area (TPSA) is 109 Å². The van der Waals surface area contributed by atoms with E-state index in [0.29, 0.717) is 33.7 Å². The predicted molar refractivity (Wildman–Crippen MR) is 121 cm³/mol. The maximum atomic E-state index is 12.9. The molecular weight excluding hydrogens is 408 g/mol. The van der Waals surface area contributed by atoms with Crippen molar-refractivity contribution < 1.29 is 24.5 Å². The molecule has 0 aliphatic carbocycles. The third-order valence-electron chi connectivity index (χ3n) is 5.70. The van der Waals surface area contributed by atoms with Crippen LogP contribution in [0, 0.1) is 20.8 Å². The normalized spacial score (nSPS) is 12.4. The zero-order valence-electron chi connectivity index (χ0n) is 17.9. The minimum Gasteiger partial charge on any atom is -0.507 e. The van der Waals surface area contributed by atoms with E-state index in [2.05, 4.69) is 10.3 Å². The van der Waals surface area contributed by atoms with Crippen molar-refractivity contribution in [1.82, 2.24) is 4.98 Å². The Morgan fingerprint density at radius 1 is 1.06 bits per heavy atom. The van der Waals surface area contributed by atoms with Gasteiger partial charge in [-0.15, -0.1) is 0 Å². The number of nitrogens with zero attached hydrogens (tertiary/aromatic N) is 1. The van der Waals surface area contributed by atoms with Crippen molar-refractivity contribution in [2.75, 3.05) is 11.9 Å². The van der Waals surface area contributed by atoms with Crippen LogP contribution in [0.2, 0.25) is 0 Å². The van der Waals surface area contributed by atoms with Gasteiger partial charge in [-0.2, -0.15) is 0 Å².